The molecular formula is C39H44ClF3N8O4. The van der Waals surface area contributed by atoms with Crippen LogP contribution in [0.4, 0.5) is 18.9 Å². The van der Waals surface area contributed by atoms with Crippen molar-refractivity contribution >= 4 is 46.0 Å². The van der Waals surface area contributed by atoms with Crippen LogP contribution in [0.2, 0.25) is 5.02 Å². The first-order valence-corrected chi connectivity index (χ1v) is 18.8. The Balaban J connectivity index is 1.15. The van der Waals surface area contributed by atoms with Crippen LogP contribution in [0, 0.1) is 5.92 Å². The lowest BCUT2D eigenvalue weighted by molar-refractivity contribution is -0.141. The Bertz CT molecular complexity index is 2180. The molecule has 0 aliphatic carbocycles. The smallest absolute Gasteiger partial charge is 0.396 e. The Hall–Kier alpha value is -5.15. The zero-order valence-corrected chi connectivity index (χ0v) is 31.7. The lowest BCUT2D eigenvalue weighted by Crippen LogP contribution is -2.52. The van der Waals surface area contributed by atoms with E-state index in [2.05, 4.69) is 34.2 Å². The molecule has 1 aromatic carbocycles. The molecule has 6 rings (SSSR count). The third-order valence-corrected chi connectivity index (χ3v) is 10.2. The minimum atomic E-state index is -4.81. The first-order chi connectivity index (χ1) is 26.3. The number of nitrogens with one attached hydrogen (secondary N) is 2. The van der Waals surface area contributed by atoms with Crippen molar-refractivity contribution in [1.29, 1.82) is 0 Å². The molecule has 5 heterocycles. The second kappa shape index (κ2) is 16.7. The van der Waals surface area contributed by atoms with Crippen LogP contribution in [0.25, 0.3) is 28.1 Å². The number of amides is 3. The van der Waals surface area contributed by atoms with E-state index in [0.29, 0.717) is 50.1 Å². The summed E-state index contributed by atoms with van der Waals surface area (Å²) in [6.45, 7) is 5.81. The van der Waals surface area contributed by atoms with E-state index < -0.39 is 17.8 Å². The van der Waals surface area contributed by atoms with Gasteiger partial charge in [0, 0.05) is 68.9 Å². The number of fused-ring (bicyclic) bond motifs is 1. The fourth-order valence-electron chi connectivity index (χ4n) is 7.09. The number of hydrogen-bond acceptors (Lipinski definition) is 6. The zero-order valence-electron chi connectivity index (χ0n) is 30.9. The van der Waals surface area contributed by atoms with E-state index in [1.807, 2.05) is 4.90 Å². The fourth-order valence-corrected chi connectivity index (χ4v) is 7.35. The molecule has 0 unspecified atom stereocenters. The number of halogens is 4. The van der Waals surface area contributed by atoms with Gasteiger partial charge in [-0.3, -0.25) is 14.4 Å². The van der Waals surface area contributed by atoms with E-state index in [0.717, 1.165) is 36.1 Å². The lowest BCUT2D eigenvalue weighted by Gasteiger charge is -2.36. The van der Waals surface area contributed by atoms with Crippen molar-refractivity contribution in [2.45, 2.75) is 58.5 Å². The maximum absolute atomic E-state index is 14.3. The molecule has 3 N–H and O–H groups in total. The van der Waals surface area contributed by atoms with Crippen molar-refractivity contribution in [1.82, 2.24) is 34.1 Å². The maximum atomic E-state index is 14.3. The highest BCUT2D eigenvalue weighted by Gasteiger charge is 2.39. The molecule has 55 heavy (non-hydrogen) atoms. The Labute approximate surface area is 321 Å². The number of aromatic nitrogens is 5. The van der Waals surface area contributed by atoms with E-state index in [1.54, 1.807) is 23.1 Å². The highest BCUT2D eigenvalue weighted by Crippen LogP contribution is 2.37. The molecule has 4 aromatic heterocycles. The second-order valence-electron chi connectivity index (χ2n) is 13.8. The number of hydrogen-bond donors (Lipinski definition) is 3. The number of benzene rings is 1. The highest BCUT2D eigenvalue weighted by molar-refractivity contribution is 6.34. The van der Waals surface area contributed by atoms with Gasteiger partial charge in [0.2, 0.25) is 5.91 Å². The van der Waals surface area contributed by atoms with E-state index in [4.69, 9.17) is 16.7 Å². The van der Waals surface area contributed by atoms with Crippen molar-refractivity contribution in [2.24, 2.45) is 13.0 Å². The number of pyridine rings is 1. The number of alkyl halides is 3. The summed E-state index contributed by atoms with van der Waals surface area (Å²) in [5.74, 6) is -0.578. The average Bonchev–Trinajstić information content (AvgIpc) is 3.89. The minimum absolute atomic E-state index is 0.000169. The summed E-state index contributed by atoms with van der Waals surface area (Å²) >= 11 is 6.54. The van der Waals surface area contributed by atoms with E-state index in [-0.39, 0.29) is 63.4 Å². The van der Waals surface area contributed by atoms with Gasteiger partial charge in [0.1, 0.15) is 5.69 Å². The molecule has 1 aliphatic heterocycles. The molecule has 292 valence electrons. The molecular weight excluding hydrogens is 737 g/mol. The summed E-state index contributed by atoms with van der Waals surface area (Å²) in [5.41, 5.74) is 1.41. The van der Waals surface area contributed by atoms with Crippen LogP contribution in [0.5, 0.6) is 0 Å². The third kappa shape index (κ3) is 8.57. The number of aromatic amines is 1. The number of carbonyl (C=O) groups is 3. The first-order valence-electron chi connectivity index (χ1n) is 18.4. The van der Waals surface area contributed by atoms with Crippen LogP contribution < -0.4 is 5.32 Å². The summed E-state index contributed by atoms with van der Waals surface area (Å²) < 4.78 is 45.4. The van der Waals surface area contributed by atoms with Gasteiger partial charge in [-0.1, -0.05) is 38.3 Å². The standard InChI is InChI=1S/C39H44ClF3N8O4/c1-4-7-24(8-5-2)37(54)49-16-18-50(19-17-49)38(55)27-11-10-26(21-29(27)40)45-36(53)33-14-13-32(48(33)3)28-23-51(47-35(28)39(41,42)43)34-15-12-30-31(46-34)22-25(44-30)9-6-20-52/h10-15,21-24,44,52H,4-9,16-20H2,1-3H3,(H,45,53). The molecule has 0 bridgehead atoms. The predicted molar refractivity (Wildman–Crippen MR) is 203 cm³/mol. The van der Waals surface area contributed by atoms with Gasteiger partial charge in [-0.25, -0.2) is 9.67 Å². The highest BCUT2D eigenvalue weighted by atomic mass is 35.5. The first kappa shape index (κ1) is 39.5. The van der Waals surface area contributed by atoms with Crippen molar-refractivity contribution in [3.63, 3.8) is 0 Å². The summed E-state index contributed by atoms with van der Waals surface area (Å²) in [6, 6.07) is 12.4. The summed E-state index contributed by atoms with van der Waals surface area (Å²) in [6.07, 6.45) is 1.14. The largest absolute Gasteiger partial charge is 0.435 e. The normalized spacial score (nSPS) is 13.6. The summed E-state index contributed by atoms with van der Waals surface area (Å²) in [4.78, 5) is 51.1. The molecule has 1 saturated heterocycles. The molecule has 0 atom stereocenters. The van der Waals surface area contributed by atoms with Gasteiger partial charge < -0.3 is 29.8 Å². The molecule has 0 radical (unpaired) electrons. The van der Waals surface area contributed by atoms with E-state index >= 15 is 0 Å². The van der Waals surface area contributed by atoms with Crippen LogP contribution >= 0.6 is 11.6 Å². The summed E-state index contributed by atoms with van der Waals surface area (Å²) in [5, 5.41) is 15.8. The van der Waals surface area contributed by atoms with E-state index in [9.17, 15) is 27.6 Å². The Morgan fingerprint density at radius 1 is 0.982 bits per heavy atom. The van der Waals surface area contributed by atoms with Gasteiger partial charge in [-0.15, -0.1) is 0 Å². The van der Waals surface area contributed by atoms with Gasteiger partial charge in [0.15, 0.2) is 11.5 Å². The maximum Gasteiger partial charge on any atom is 0.435 e. The summed E-state index contributed by atoms with van der Waals surface area (Å²) in [7, 11) is 1.48. The Morgan fingerprint density at radius 3 is 2.35 bits per heavy atom. The van der Waals surface area contributed by atoms with Gasteiger partial charge in [0.25, 0.3) is 11.8 Å². The molecule has 1 aliphatic rings. The van der Waals surface area contributed by atoms with Crippen LogP contribution in [-0.2, 0) is 24.4 Å². The monoisotopic (exact) mass is 780 g/mol. The Morgan fingerprint density at radius 2 is 1.69 bits per heavy atom. The number of aryl methyl sites for hydroxylation is 1. The molecule has 3 amide bonds. The molecule has 1 fully saturated rings. The van der Waals surface area contributed by atoms with Crippen LogP contribution in [0.3, 0.4) is 0 Å². The Kier molecular flexibility index (Phi) is 12.0. The molecule has 12 nitrogen and oxygen atoms in total. The van der Waals surface area contributed by atoms with Crippen molar-refractivity contribution in [3.8, 4) is 17.1 Å². The van der Waals surface area contributed by atoms with Gasteiger partial charge in [-0.2, -0.15) is 18.3 Å². The van der Waals surface area contributed by atoms with Crippen LogP contribution in [0.1, 0.15) is 78.2 Å². The number of aliphatic hydroxyl groups is 1. The molecule has 0 saturated carbocycles. The van der Waals surface area contributed by atoms with Crippen molar-refractivity contribution in [3.05, 3.63) is 82.4 Å². The van der Waals surface area contributed by atoms with Gasteiger partial charge >= 0.3 is 6.18 Å². The number of piperazine rings is 1. The van der Waals surface area contributed by atoms with Gasteiger partial charge in [-0.05, 0) is 74.2 Å². The van der Waals surface area contributed by atoms with Crippen LogP contribution in [-0.4, -0.2) is 89.7 Å². The topological polar surface area (TPSA) is 141 Å². The number of rotatable bonds is 13. The van der Waals surface area contributed by atoms with Gasteiger partial charge in [0.05, 0.1) is 27.3 Å². The zero-order chi connectivity index (χ0) is 39.4. The predicted octanol–water partition coefficient (Wildman–Crippen LogP) is 7.10. The average molecular weight is 781 g/mol. The third-order valence-electron chi connectivity index (χ3n) is 9.93. The molecule has 16 heteroatoms. The number of carbonyl (C=O) groups excluding carboxylic acids is 3. The second-order valence-corrected chi connectivity index (χ2v) is 14.2. The van der Waals surface area contributed by atoms with Crippen molar-refractivity contribution < 1.29 is 32.7 Å². The number of anilines is 1. The number of aliphatic hydroxyl groups excluding tert-OH is 1. The number of H-pyrrole nitrogens is 1. The number of nitrogens with zero attached hydrogens (tertiary/aromatic N) is 6. The fraction of sp³-hybridized carbons (Fsp3) is 0.410. The molecule has 0 spiro atoms. The quantitative estimate of drug-likeness (QED) is 0.116. The van der Waals surface area contributed by atoms with Crippen molar-refractivity contribution in [2.75, 3.05) is 38.1 Å². The molecule has 5 aromatic rings. The lowest BCUT2D eigenvalue weighted by atomic mass is 9.96. The van der Waals surface area contributed by atoms with Crippen LogP contribution in [0.15, 0.2) is 54.7 Å². The SMILES string of the molecule is CCCC(CCC)C(=O)N1CCN(C(=O)c2ccc(NC(=O)c3ccc(-c4cn(-c5ccc6[nH]c(CCCO)cc6n5)nc4C(F)(F)F)n3C)cc2Cl)CC1. The minimum Gasteiger partial charge on any atom is -0.396 e. The van der Waals surface area contributed by atoms with E-state index in [1.165, 1.54) is 48.1 Å².